The molecule has 7 heteroatoms. The molecule has 0 amide bonds. The van der Waals surface area contributed by atoms with Crippen molar-refractivity contribution in [3.8, 4) is 0 Å². The maximum Gasteiger partial charge on any atom is 0.245 e. The van der Waals surface area contributed by atoms with Gasteiger partial charge in [0.25, 0.3) is 0 Å². The molecule has 1 fully saturated rings. The zero-order valence-corrected chi connectivity index (χ0v) is 12.1. The van der Waals surface area contributed by atoms with Crippen LogP contribution in [-0.4, -0.2) is 38.9 Å². The van der Waals surface area contributed by atoms with Gasteiger partial charge in [0.2, 0.25) is 10.0 Å². The highest BCUT2D eigenvalue weighted by Gasteiger charge is 2.30. The van der Waals surface area contributed by atoms with Gasteiger partial charge in [0.1, 0.15) is 16.5 Å². The molecular weight excluding hydrogens is 286 g/mol. The average molecular weight is 304 g/mol. The van der Waals surface area contributed by atoms with Crippen LogP contribution in [-0.2, 0) is 10.0 Å². The van der Waals surface area contributed by atoms with E-state index in [0.29, 0.717) is 12.5 Å². The monoisotopic (exact) mass is 304 g/mol. The minimum absolute atomic E-state index is 0.167. The summed E-state index contributed by atoms with van der Waals surface area (Å²) in [5.74, 6) is -1.84. The van der Waals surface area contributed by atoms with E-state index in [4.69, 9.17) is 0 Å². The molecule has 20 heavy (non-hydrogen) atoms. The van der Waals surface area contributed by atoms with Crippen LogP contribution < -0.4 is 5.32 Å². The quantitative estimate of drug-likeness (QED) is 0.925. The van der Waals surface area contributed by atoms with Gasteiger partial charge in [-0.05, 0) is 44.5 Å². The number of nitrogens with one attached hydrogen (secondary N) is 1. The molecule has 2 rings (SSSR count). The molecule has 1 unspecified atom stereocenters. The van der Waals surface area contributed by atoms with Crippen LogP contribution in [0.2, 0.25) is 0 Å². The molecule has 112 valence electrons. The number of sulfonamides is 1. The lowest BCUT2D eigenvalue weighted by Crippen LogP contribution is -2.38. The third-order valence-electron chi connectivity index (χ3n) is 3.61. The van der Waals surface area contributed by atoms with Crippen LogP contribution in [0.4, 0.5) is 8.78 Å². The Bertz CT molecular complexity index is 570. The smallest absolute Gasteiger partial charge is 0.245 e. The lowest BCUT2D eigenvalue weighted by molar-refractivity contribution is 0.339. The van der Waals surface area contributed by atoms with Gasteiger partial charge in [-0.25, -0.2) is 17.2 Å². The van der Waals surface area contributed by atoms with Crippen molar-refractivity contribution in [3.05, 3.63) is 29.8 Å². The summed E-state index contributed by atoms with van der Waals surface area (Å²) >= 11 is 0. The van der Waals surface area contributed by atoms with Gasteiger partial charge in [0.05, 0.1) is 0 Å². The zero-order chi connectivity index (χ0) is 14.8. The lowest BCUT2D eigenvalue weighted by Gasteiger charge is -2.26. The number of rotatable bonds is 3. The Balaban J connectivity index is 2.28. The van der Waals surface area contributed by atoms with Gasteiger partial charge in [0.15, 0.2) is 0 Å². The van der Waals surface area contributed by atoms with Gasteiger partial charge in [-0.3, -0.25) is 0 Å². The first kappa shape index (κ1) is 15.3. The van der Waals surface area contributed by atoms with Crippen molar-refractivity contribution >= 4 is 10.0 Å². The van der Waals surface area contributed by atoms with E-state index in [0.717, 1.165) is 38.1 Å². The van der Waals surface area contributed by atoms with Crippen LogP contribution in [0.1, 0.15) is 19.3 Å². The topological polar surface area (TPSA) is 49.4 Å². The van der Waals surface area contributed by atoms with Crippen LogP contribution in [0, 0.1) is 11.6 Å². The first-order valence-electron chi connectivity index (χ1n) is 6.57. The standard InChI is InChI=1S/C13H18F2N2O2S/c1-17(11-3-2-7-16-8-6-11)20(18,19)13-5-4-10(14)9-12(13)15/h4-5,9,11,16H,2-3,6-8H2,1H3. The number of hydrogen-bond acceptors (Lipinski definition) is 3. The van der Waals surface area contributed by atoms with Crippen molar-refractivity contribution in [2.45, 2.75) is 30.2 Å². The third-order valence-corrected chi connectivity index (χ3v) is 5.55. The molecule has 1 aliphatic rings. The molecule has 1 aromatic rings. The fourth-order valence-corrected chi connectivity index (χ4v) is 3.86. The Morgan fingerprint density at radius 1 is 1.25 bits per heavy atom. The van der Waals surface area contributed by atoms with Gasteiger partial charge in [-0.2, -0.15) is 4.31 Å². The molecule has 1 atom stereocenters. The molecule has 1 saturated heterocycles. The molecule has 0 spiro atoms. The molecule has 0 bridgehead atoms. The molecular formula is C13H18F2N2O2S. The number of hydrogen-bond donors (Lipinski definition) is 1. The Morgan fingerprint density at radius 3 is 2.70 bits per heavy atom. The highest BCUT2D eigenvalue weighted by Crippen LogP contribution is 2.23. The van der Waals surface area contributed by atoms with E-state index >= 15 is 0 Å². The summed E-state index contributed by atoms with van der Waals surface area (Å²) in [5, 5.41) is 3.20. The molecule has 4 nitrogen and oxygen atoms in total. The number of benzene rings is 1. The van der Waals surface area contributed by atoms with Crippen molar-refractivity contribution in [2.75, 3.05) is 20.1 Å². The molecule has 1 N–H and O–H groups in total. The zero-order valence-electron chi connectivity index (χ0n) is 11.3. The molecule has 0 aromatic heterocycles. The van der Waals surface area contributed by atoms with Crippen molar-refractivity contribution in [2.24, 2.45) is 0 Å². The molecule has 0 aliphatic carbocycles. The minimum atomic E-state index is -3.94. The van der Waals surface area contributed by atoms with Crippen LogP contribution in [0.25, 0.3) is 0 Å². The molecule has 1 heterocycles. The lowest BCUT2D eigenvalue weighted by atomic mass is 10.1. The van der Waals surface area contributed by atoms with E-state index in [1.165, 1.54) is 11.4 Å². The number of halogens is 2. The Morgan fingerprint density at radius 2 is 2.00 bits per heavy atom. The van der Waals surface area contributed by atoms with Crippen molar-refractivity contribution in [3.63, 3.8) is 0 Å². The fourth-order valence-electron chi connectivity index (χ4n) is 2.40. The van der Waals surface area contributed by atoms with Gasteiger partial charge in [-0.15, -0.1) is 0 Å². The predicted octanol–water partition coefficient (Wildman–Crippen LogP) is 1.73. The predicted molar refractivity (Wildman–Crippen MR) is 71.8 cm³/mol. The van der Waals surface area contributed by atoms with E-state index in [-0.39, 0.29) is 6.04 Å². The second kappa shape index (κ2) is 6.15. The molecule has 1 aliphatic heterocycles. The highest BCUT2D eigenvalue weighted by atomic mass is 32.2. The Kier molecular flexibility index (Phi) is 4.72. The third kappa shape index (κ3) is 3.16. The van der Waals surface area contributed by atoms with Crippen LogP contribution in [0.15, 0.2) is 23.1 Å². The van der Waals surface area contributed by atoms with Crippen LogP contribution in [0.3, 0.4) is 0 Å². The van der Waals surface area contributed by atoms with E-state index in [1.807, 2.05) is 0 Å². The Labute approximate surface area is 117 Å². The number of nitrogens with zero attached hydrogens (tertiary/aromatic N) is 1. The first-order valence-corrected chi connectivity index (χ1v) is 8.01. The highest BCUT2D eigenvalue weighted by molar-refractivity contribution is 7.89. The Hall–Kier alpha value is -1.05. The van der Waals surface area contributed by atoms with Gasteiger partial charge in [0, 0.05) is 19.2 Å². The summed E-state index contributed by atoms with van der Waals surface area (Å²) in [5.41, 5.74) is 0. The molecule has 0 saturated carbocycles. The van der Waals surface area contributed by atoms with Gasteiger partial charge >= 0.3 is 0 Å². The van der Waals surface area contributed by atoms with Crippen LogP contribution in [0.5, 0.6) is 0 Å². The largest absolute Gasteiger partial charge is 0.317 e. The summed E-state index contributed by atoms with van der Waals surface area (Å²) in [4.78, 5) is -0.474. The molecule has 0 radical (unpaired) electrons. The van der Waals surface area contributed by atoms with Gasteiger partial charge in [-0.1, -0.05) is 0 Å². The SMILES string of the molecule is CN(C1CCCNCC1)S(=O)(=O)c1ccc(F)cc1F. The second-order valence-corrected chi connectivity index (χ2v) is 6.90. The van der Waals surface area contributed by atoms with Crippen LogP contribution >= 0.6 is 0 Å². The average Bonchev–Trinajstić information content (AvgIpc) is 2.66. The van der Waals surface area contributed by atoms with Crippen molar-refractivity contribution in [1.29, 1.82) is 0 Å². The summed E-state index contributed by atoms with van der Waals surface area (Å²) < 4.78 is 52.6. The summed E-state index contributed by atoms with van der Waals surface area (Å²) in [6, 6.07) is 2.36. The van der Waals surface area contributed by atoms with E-state index in [2.05, 4.69) is 5.32 Å². The first-order chi connectivity index (χ1) is 9.43. The summed E-state index contributed by atoms with van der Waals surface area (Å²) in [6.45, 7) is 1.59. The van der Waals surface area contributed by atoms with Crippen molar-refractivity contribution in [1.82, 2.24) is 9.62 Å². The van der Waals surface area contributed by atoms with Gasteiger partial charge < -0.3 is 5.32 Å². The maximum absolute atomic E-state index is 13.7. The second-order valence-electron chi connectivity index (χ2n) is 4.93. The fraction of sp³-hybridized carbons (Fsp3) is 0.538. The summed E-state index contributed by atoms with van der Waals surface area (Å²) in [6.07, 6.45) is 2.28. The summed E-state index contributed by atoms with van der Waals surface area (Å²) in [7, 11) is -2.49. The minimum Gasteiger partial charge on any atom is -0.317 e. The van der Waals surface area contributed by atoms with E-state index in [9.17, 15) is 17.2 Å². The van der Waals surface area contributed by atoms with Crippen molar-refractivity contribution < 1.29 is 17.2 Å². The van der Waals surface area contributed by atoms with E-state index in [1.54, 1.807) is 0 Å². The maximum atomic E-state index is 13.7. The van der Waals surface area contributed by atoms with E-state index < -0.39 is 26.6 Å². The molecule has 1 aromatic carbocycles. The normalized spacial score (nSPS) is 20.9.